The summed E-state index contributed by atoms with van der Waals surface area (Å²) in [6.45, 7) is 9.40. The van der Waals surface area contributed by atoms with Crippen molar-refractivity contribution < 1.29 is 13.9 Å². The Bertz CT molecular complexity index is 369. The Labute approximate surface area is 115 Å². The van der Waals surface area contributed by atoms with Gasteiger partial charge in [-0.1, -0.05) is 13.8 Å². The minimum Gasteiger partial charge on any atom is -0.491 e. The van der Waals surface area contributed by atoms with Gasteiger partial charge in [0.1, 0.15) is 18.2 Å². The van der Waals surface area contributed by atoms with Gasteiger partial charge in [-0.25, -0.2) is 4.39 Å². The van der Waals surface area contributed by atoms with Gasteiger partial charge < -0.3 is 14.8 Å². The van der Waals surface area contributed by atoms with E-state index in [1.165, 1.54) is 12.1 Å². The summed E-state index contributed by atoms with van der Waals surface area (Å²) < 4.78 is 24.1. The Hall–Kier alpha value is -1.13. The van der Waals surface area contributed by atoms with Crippen molar-refractivity contribution in [3.05, 3.63) is 29.6 Å². The van der Waals surface area contributed by atoms with Gasteiger partial charge in [-0.2, -0.15) is 0 Å². The summed E-state index contributed by atoms with van der Waals surface area (Å²) >= 11 is 0. The summed E-state index contributed by atoms with van der Waals surface area (Å²) in [6.07, 6.45) is 0. The predicted molar refractivity (Wildman–Crippen MR) is 74.9 cm³/mol. The fourth-order valence-corrected chi connectivity index (χ4v) is 1.67. The van der Waals surface area contributed by atoms with E-state index in [1.807, 2.05) is 13.0 Å². The molecule has 0 saturated carbocycles. The van der Waals surface area contributed by atoms with Crippen LogP contribution in [-0.4, -0.2) is 26.4 Å². The van der Waals surface area contributed by atoms with Gasteiger partial charge in [-0.05, 0) is 37.1 Å². The monoisotopic (exact) mass is 269 g/mol. The maximum atomic E-state index is 13.4. The van der Waals surface area contributed by atoms with Crippen molar-refractivity contribution in [2.24, 2.45) is 5.92 Å². The quantitative estimate of drug-likeness (QED) is 0.699. The molecule has 0 atom stereocenters. The molecule has 0 radical (unpaired) electrons. The molecule has 19 heavy (non-hydrogen) atoms. The molecule has 0 aliphatic rings. The second kappa shape index (κ2) is 8.88. The highest BCUT2D eigenvalue weighted by Gasteiger charge is 2.02. The first kappa shape index (κ1) is 15.9. The van der Waals surface area contributed by atoms with Gasteiger partial charge >= 0.3 is 0 Å². The lowest BCUT2D eigenvalue weighted by Crippen LogP contribution is -2.19. The number of benzene rings is 1. The van der Waals surface area contributed by atoms with Gasteiger partial charge in [0.25, 0.3) is 0 Å². The van der Waals surface area contributed by atoms with E-state index in [4.69, 9.17) is 9.47 Å². The van der Waals surface area contributed by atoms with Crippen LogP contribution < -0.4 is 10.1 Å². The first-order chi connectivity index (χ1) is 9.11. The maximum Gasteiger partial charge on any atom is 0.127 e. The lowest BCUT2D eigenvalue weighted by molar-refractivity contribution is 0.110. The van der Waals surface area contributed by atoms with Gasteiger partial charge in [0.05, 0.1) is 6.61 Å². The van der Waals surface area contributed by atoms with Crippen LogP contribution in [0.25, 0.3) is 0 Å². The lowest BCUT2D eigenvalue weighted by Gasteiger charge is -2.10. The SMILES string of the molecule is CCOCCOc1cc(F)cc(CNCC(C)C)c1. The third-order valence-electron chi connectivity index (χ3n) is 2.51. The fraction of sp³-hybridized carbons (Fsp3) is 0.600. The van der Waals surface area contributed by atoms with E-state index in [0.29, 0.717) is 38.0 Å². The largest absolute Gasteiger partial charge is 0.491 e. The molecule has 0 aliphatic carbocycles. The molecule has 0 unspecified atom stereocenters. The van der Waals surface area contributed by atoms with Crippen LogP contribution in [0, 0.1) is 11.7 Å². The Morgan fingerprint density at radius 1 is 1.21 bits per heavy atom. The van der Waals surface area contributed by atoms with Crippen LogP contribution in [0.1, 0.15) is 26.3 Å². The predicted octanol–water partition coefficient (Wildman–Crippen LogP) is 2.99. The summed E-state index contributed by atoms with van der Waals surface area (Å²) in [5.74, 6) is 0.867. The first-order valence-electron chi connectivity index (χ1n) is 6.82. The van der Waals surface area contributed by atoms with E-state index in [-0.39, 0.29) is 5.82 Å². The highest BCUT2D eigenvalue weighted by molar-refractivity contribution is 5.29. The molecule has 1 rings (SSSR count). The van der Waals surface area contributed by atoms with Crippen molar-refractivity contribution in [1.82, 2.24) is 5.32 Å². The van der Waals surface area contributed by atoms with E-state index >= 15 is 0 Å². The molecule has 0 spiro atoms. The molecular formula is C15H24FNO2. The Morgan fingerprint density at radius 3 is 2.68 bits per heavy atom. The summed E-state index contributed by atoms with van der Waals surface area (Å²) in [7, 11) is 0. The van der Waals surface area contributed by atoms with E-state index in [9.17, 15) is 4.39 Å². The maximum absolute atomic E-state index is 13.4. The fourth-order valence-electron chi connectivity index (χ4n) is 1.67. The number of hydrogen-bond acceptors (Lipinski definition) is 3. The second-order valence-electron chi connectivity index (χ2n) is 4.87. The molecule has 0 saturated heterocycles. The third kappa shape index (κ3) is 7.13. The molecule has 1 N–H and O–H groups in total. The Balaban J connectivity index is 2.46. The summed E-state index contributed by atoms with van der Waals surface area (Å²) in [4.78, 5) is 0. The number of ether oxygens (including phenoxy) is 2. The molecule has 0 aliphatic heterocycles. The summed E-state index contributed by atoms with van der Waals surface area (Å²) in [5.41, 5.74) is 0.895. The number of hydrogen-bond donors (Lipinski definition) is 1. The van der Waals surface area contributed by atoms with Crippen LogP contribution in [-0.2, 0) is 11.3 Å². The molecule has 1 aromatic carbocycles. The van der Waals surface area contributed by atoms with Crippen LogP contribution >= 0.6 is 0 Å². The van der Waals surface area contributed by atoms with Crippen LogP contribution in [0.3, 0.4) is 0 Å². The molecule has 0 bridgehead atoms. The second-order valence-corrected chi connectivity index (χ2v) is 4.87. The van der Waals surface area contributed by atoms with Crippen LogP contribution in [0.4, 0.5) is 4.39 Å². The van der Waals surface area contributed by atoms with Gasteiger partial charge in [-0.3, -0.25) is 0 Å². The highest BCUT2D eigenvalue weighted by atomic mass is 19.1. The van der Waals surface area contributed by atoms with Gasteiger partial charge in [0, 0.05) is 19.2 Å². The topological polar surface area (TPSA) is 30.5 Å². The average Bonchev–Trinajstić information content (AvgIpc) is 2.34. The first-order valence-corrected chi connectivity index (χ1v) is 6.82. The zero-order chi connectivity index (χ0) is 14.1. The van der Waals surface area contributed by atoms with E-state index in [2.05, 4.69) is 19.2 Å². The van der Waals surface area contributed by atoms with Crippen molar-refractivity contribution >= 4 is 0 Å². The molecule has 1 aromatic rings. The zero-order valence-electron chi connectivity index (χ0n) is 12.0. The number of nitrogens with one attached hydrogen (secondary N) is 1. The molecule has 0 heterocycles. The standard InChI is InChI=1S/C15H24FNO2/c1-4-18-5-6-19-15-8-13(7-14(16)9-15)11-17-10-12(2)3/h7-9,12,17H,4-6,10-11H2,1-3H3. The molecule has 0 aromatic heterocycles. The number of rotatable bonds is 9. The molecule has 0 fully saturated rings. The average molecular weight is 269 g/mol. The van der Waals surface area contributed by atoms with E-state index in [0.717, 1.165) is 12.1 Å². The molecule has 3 nitrogen and oxygen atoms in total. The van der Waals surface area contributed by atoms with Crippen molar-refractivity contribution in [3.8, 4) is 5.75 Å². The normalized spacial score (nSPS) is 11.0. The molecule has 0 amide bonds. The van der Waals surface area contributed by atoms with Crippen molar-refractivity contribution in [2.75, 3.05) is 26.4 Å². The summed E-state index contributed by atoms with van der Waals surface area (Å²) in [6, 6.07) is 4.79. The van der Waals surface area contributed by atoms with Crippen LogP contribution in [0.5, 0.6) is 5.75 Å². The van der Waals surface area contributed by atoms with Gasteiger partial charge in [-0.15, -0.1) is 0 Å². The van der Waals surface area contributed by atoms with E-state index in [1.54, 1.807) is 0 Å². The smallest absolute Gasteiger partial charge is 0.127 e. The molecule has 108 valence electrons. The minimum absolute atomic E-state index is 0.268. The highest BCUT2D eigenvalue weighted by Crippen LogP contribution is 2.16. The van der Waals surface area contributed by atoms with Gasteiger partial charge in [0.15, 0.2) is 0 Å². The third-order valence-corrected chi connectivity index (χ3v) is 2.51. The van der Waals surface area contributed by atoms with Crippen LogP contribution in [0.15, 0.2) is 18.2 Å². The van der Waals surface area contributed by atoms with Gasteiger partial charge in [0.2, 0.25) is 0 Å². The Kier molecular flexibility index (Phi) is 7.45. The van der Waals surface area contributed by atoms with Crippen molar-refractivity contribution in [1.29, 1.82) is 0 Å². The van der Waals surface area contributed by atoms with Crippen molar-refractivity contribution in [3.63, 3.8) is 0 Å². The van der Waals surface area contributed by atoms with Crippen LogP contribution in [0.2, 0.25) is 0 Å². The van der Waals surface area contributed by atoms with E-state index < -0.39 is 0 Å². The molecule has 4 heteroatoms. The zero-order valence-corrected chi connectivity index (χ0v) is 12.0. The summed E-state index contributed by atoms with van der Waals surface area (Å²) in [5, 5.41) is 3.29. The van der Waals surface area contributed by atoms with Crippen molar-refractivity contribution in [2.45, 2.75) is 27.3 Å². The Morgan fingerprint density at radius 2 is 2.00 bits per heavy atom. The minimum atomic E-state index is -0.268. The number of halogens is 1. The lowest BCUT2D eigenvalue weighted by atomic mass is 10.2. The molecular weight excluding hydrogens is 245 g/mol.